The number of halogens is 1. The van der Waals surface area contributed by atoms with Gasteiger partial charge in [0.15, 0.2) is 0 Å². The summed E-state index contributed by atoms with van der Waals surface area (Å²) in [5.74, 6) is 0.391. The molecule has 1 unspecified atom stereocenters. The second-order valence-corrected chi connectivity index (χ2v) is 7.44. The summed E-state index contributed by atoms with van der Waals surface area (Å²) in [6, 6.07) is 8.26. The molecule has 134 valence electrons. The van der Waals surface area contributed by atoms with Gasteiger partial charge in [0.1, 0.15) is 0 Å². The van der Waals surface area contributed by atoms with Crippen LogP contribution in [0.3, 0.4) is 0 Å². The predicted molar refractivity (Wildman–Crippen MR) is 103 cm³/mol. The number of hydrogen-bond acceptors (Lipinski definition) is 2. The summed E-state index contributed by atoms with van der Waals surface area (Å²) in [5.41, 5.74) is 1.16. The number of nitrogens with zero attached hydrogens (tertiary/aromatic N) is 1. The molecule has 1 fully saturated rings. The normalized spacial score (nSPS) is 16.9. The quantitative estimate of drug-likeness (QED) is 0.667. The Balaban J connectivity index is 1.72. The monoisotopic (exact) mass is 350 g/mol. The first-order chi connectivity index (χ1) is 11.6. The fourth-order valence-corrected chi connectivity index (χ4v) is 3.57. The van der Waals surface area contributed by atoms with E-state index in [9.17, 15) is 4.79 Å². The lowest BCUT2D eigenvalue weighted by Crippen LogP contribution is -2.43. The van der Waals surface area contributed by atoms with Crippen molar-refractivity contribution in [1.29, 1.82) is 0 Å². The Labute approximate surface area is 151 Å². The summed E-state index contributed by atoms with van der Waals surface area (Å²) in [7, 11) is 0. The van der Waals surface area contributed by atoms with Crippen molar-refractivity contribution in [3.05, 3.63) is 29.3 Å². The van der Waals surface area contributed by atoms with Crippen LogP contribution < -0.4 is 10.2 Å². The molecule has 0 saturated carbocycles. The third-order valence-electron chi connectivity index (χ3n) is 4.92. The van der Waals surface area contributed by atoms with Gasteiger partial charge in [-0.25, -0.2) is 0 Å². The summed E-state index contributed by atoms with van der Waals surface area (Å²) in [6.45, 7) is 6.19. The average Bonchev–Trinajstić information content (AvgIpc) is 2.59. The van der Waals surface area contributed by atoms with Crippen LogP contribution in [0.25, 0.3) is 0 Å². The van der Waals surface area contributed by atoms with Gasteiger partial charge in [0.2, 0.25) is 5.91 Å². The minimum Gasteiger partial charge on any atom is -0.371 e. The molecule has 1 aromatic rings. The topological polar surface area (TPSA) is 32.3 Å². The van der Waals surface area contributed by atoms with Crippen LogP contribution in [0.2, 0.25) is 5.02 Å². The van der Waals surface area contributed by atoms with E-state index in [2.05, 4.69) is 30.1 Å². The highest BCUT2D eigenvalue weighted by molar-refractivity contribution is 6.30. The molecule has 0 spiro atoms. The fourth-order valence-electron chi connectivity index (χ4n) is 3.38. The second-order valence-electron chi connectivity index (χ2n) is 7.00. The van der Waals surface area contributed by atoms with Crippen molar-refractivity contribution in [1.82, 2.24) is 5.32 Å². The second kappa shape index (κ2) is 9.93. The number of hydrogen-bond donors (Lipinski definition) is 1. The largest absolute Gasteiger partial charge is 0.371 e. The molecule has 1 atom stereocenters. The molecule has 4 heteroatoms. The number of carbonyl (C=O) groups is 1. The van der Waals surface area contributed by atoms with Crippen molar-refractivity contribution in [2.24, 2.45) is 5.92 Å². The molecule has 1 heterocycles. The van der Waals surface area contributed by atoms with Crippen LogP contribution in [0.15, 0.2) is 24.3 Å². The van der Waals surface area contributed by atoms with E-state index in [0.29, 0.717) is 6.04 Å². The molecule has 1 aliphatic rings. The van der Waals surface area contributed by atoms with Gasteiger partial charge in [-0.2, -0.15) is 0 Å². The minimum atomic E-state index is 0.151. The van der Waals surface area contributed by atoms with Crippen LogP contribution in [0, 0.1) is 5.92 Å². The van der Waals surface area contributed by atoms with E-state index in [1.54, 1.807) is 0 Å². The smallest absolute Gasteiger partial charge is 0.223 e. The number of benzene rings is 1. The predicted octanol–water partition coefficient (Wildman–Crippen LogP) is 5.03. The Kier molecular flexibility index (Phi) is 7.90. The molecule has 1 amide bonds. The van der Waals surface area contributed by atoms with Gasteiger partial charge in [0.25, 0.3) is 0 Å². The van der Waals surface area contributed by atoms with Crippen LogP contribution in [-0.4, -0.2) is 25.0 Å². The summed E-state index contributed by atoms with van der Waals surface area (Å²) in [5, 5.41) is 3.98. The van der Waals surface area contributed by atoms with E-state index in [4.69, 9.17) is 11.6 Å². The van der Waals surface area contributed by atoms with E-state index in [1.807, 2.05) is 18.2 Å². The number of amides is 1. The SMILES string of the molecule is CCCCCCC(C)NC(=O)C1CCN(c2cccc(Cl)c2)CC1. The molecular formula is C20H31ClN2O. The maximum Gasteiger partial charge on any atom is 0.223 e. The number of carbonyl (C=O) groups excluding carboxylic acids is 1. The van der Waals surface area contributed by atoms with Gasteiger partial charge in [-0.1, -0.05) is 50.3 Å². The van der Waals surface area contributed by atoms with Gasteiger partial charge < -0.3 is 10.2 Å². The van der Waals surface area contributed by atoms with Crippen molar-refractivity contribution >= 4 is 23.2 Å². The summed E-state index contributed by atoms with van der Waals surface area (Å²) >= 11 is 6.07. The lowest BCUT2D eigenvalue weighted by Gasteiger charge is -2.33. The first kappa shape index (κ1) is 19.1. The molecule has 3 nitrogen and oxygen atoms in total. The first-order valence-corrected chi connectivity index (χ1v) is 9.79. The molecular weight excluding hydrogens is 320 g/mol. The maximum absolute atomic E-state index is 12.4. The minimum absolute atomic E-state index is 0.151. The molecule has 0 radical (unpaired) electrons. The van der Waals surface area contributed by atoms with E-state index >= 15 is 0 Å². The van der Waals surface area contributed by atoms with Crippen LogP contribution in [0.1, 0.15) is 58.8 Å². The number of rotatable bonds is 8. The lowest BCUT2D eigenvalue weighted by atomic mass is 9.95. The summed E-state index contributed by atoms with van der Waals surface area (Å²) < 4.78 is 0. The van der Waals surface area contributed by atoms with Crippen LogP contribution in [0.5, 0.6) is 0 Å². The van der Waals surface area contributed by atoms with Crippen molar-refractivity contribution in [2.75, 3.05) is 18.0 Å². The fraction of sp³-hybridized carbons (Fsp3) is 0.650. The molecule has 1 N–H and O–H groups in total. The van der Waals surface area contributed by atoms with Gasteiger partial charge >= 0.3 is 0 Å². The van der Waals surface area contributed by atoms with E-state index < -0.39 is 0 Å². The number of piperidine rings is 1. The van der Waals surface area contributed by atoms with E-state index in [-0.39, 0.29) is 11.8 Å². The van der Waals surface area contributed by atoms with Crippen molar-refractivity contribution in [2.45, 2.75) is 64.8 Å². The maximum atomic E-state index is 12.4. The van der Waals surface area contributed by atoms with E-state index in [0.717, 1.165) is 43.1 Å². The average molecular weight is 351 g/mol. The highest BCUT2D eigenvalue weighted by Crippen LogP contribution is 2.25. The molecule has 24 heavy (non-hydrogen) atoms. The van der Waals surface area contributed by atoms with Crippen LogP contribution in [-0.2, 0) is 4.79 Å². The van der Waals surface area contributed by atoms with Gasteiger partial charge in [-0.15, -0.1) is 0 Å². The summed E-state index contributed by atoms with van der Waals surface area (Å²) in [6.07, 6.45) is 7.96. The zero-order chi connectivity index (χ0) is 17.4. The first-order valence-electron chi connectivity index (χ1n) is 9.41. The molecule has 0 aromatic heterocycles. The van der Waals surface area contributed by atoms with Gasteiger partial charge in [0, 0.05) is 35.8 Å². The molecule has 0 bridgehead atoms. The zero-order valence-electron chi connectivity index (χ0n) is 15.1. The highest BCUT2D eigenvalue weighted by Gasteiger charge is 2.25. The standard InChI is InChI=1S/C20H31ClN2O/c1-3-4-5-6-8-16(2)22-20(24)17-11-13-23(14-12-17)19-10-7-9-18(21)15-19/h7,9-10,15-17H,3-6,8,11-14H2,1-2H3,(H,22,24). The Hall–Kier alpha value is -1.22. The molecule has 0 aliphatic carbocycles. The lowest BCUT2D eigenvalue weighted by molar-refractivity contribution is -0.126. The third-order valence-corrected chi connectivity index (χ3v) is 5.15. The highest BCUT2D eigenvalue weighted by atomic mass is 35.5. The van der Waals surface area contributed by atoms with E-state index in [1.165, 1.54) is 25.7 Å². The van der Waals surface area contributed by atoms with Crippen molar-refractivity contribution in [3.63, 3.8) is 0 Å². The zero-order valence-corrected chi connectivity index (χ0v) is 15.8. The van der Waals surface area contributed by atoms with Crippen molar-refractivity contribution in [3.8, 4) is 0 Å². The van der Waals surface area contributed by atoms with Gasteiger partial charge in [-0.3, -0.25) is 4.79 Å². The number of unbranched alkanes of at least 4 members (excludes halogenated alkanes) is 3. The Morgan fingerprint density at radius 1 is 1.29 bits per heavy atom. The Morgan fingerprint density at radius 3 is 2.71 bits per heavy atom. The van der Waals surface area contributed by atoms with Gasteiger partial charge in [0.05, 0.1) is 0 Å². The van der Waals surface area contributed by atoms with Gasteiger partial charge in [-0.05, 0) is 44.4 Å². The van der Waals surface area contributed by atoms with Crippen LogP contribution in [0.4, 0.5) is 5.69 Å². The Morgan fingerprint density at radius 2 is 2.04 bits per heavy atom. The van der Waals surface area contributed by atoms with Crippen molar-refractivity contribution < 1.29 is 4.79 Å². The number of nitrogens with one attached hydrogen (secondary N) is 1. The van der Waals surface area contributed by atoms with Crippen LogP contribution >= 0.6 is 11.6 Å². The molecule has 1 aliphatic heterocycles. The number of anilines is 1. The Bertz CT molecular complexity index is 512. The molecule has 1 aromatic carbocycles. The molecule has 1 saturated heterocycles. The molecule has 2 rings (SSSR count). The third kappa shape index (κ3) is 6.01. The summed E-state index contributed by atoms with van der Waals surface area (Å²) in [4.78, 5) is 14.8.